The number of halogens is 2. The summed E-state index contributed by atoms with van der Waals surface area (Å²) in [5, 5.41) is 6.10. The number of morpholine rings is 1. The maximum absolute atomic E-state index is 11.8. The standard InChI is InChI=1S/C13H27N3O2.2ClH/c1-10(2)16(11(3)4)7-5-15-13(17)12-9-14-6-8-18-12;;/h10-12,14H,5-9H2,1-4H3,(H,15,17);2*1H/t12-;;/m1../s1. The minimum absolute atomic E-state index is 0. The quantitative estimate of drug-likeness (QED) is 0.765. The molecule has 7 heteroatoms. The molecule has 0 unspecified atom stereocenters. The van der Waals surface area contributed by atoms with Crippen molar-refractivity contribution in [1.29, 1.82) is 0 Å². The van der Waals surface area contributed by atoms with Gasteiger partial charge in [0.05, 0.1) is 6.61 Å². The SMILES string of the molecule is CC(C)N(CCNC(=O)[C@H]1CNCCO1)C(C)C.Cl.Cl. The Labute approximate surface area is 135 Å². The lowest BCUT2D eigenvalue weighted by molar-refractivity contribution is -0.134. The van der Waals surface area contributed by atoms with E-state index in [9.17, 15) is 4.79 Å². The summed E-state index contributed by atoms with van der Waals surface area (Å²) in [6, 6.07) is 0.990. The summed E-state index contributed by atoms with van der Waals surface area (Å²) >= 11 is 0. The summed E-state index contributed by atoms with van der Waals surface area (Å²) in [6.07, 6.45) is -0.328. The van der Waals surface area contributed by atoms with Crippen molar-refractivity contribution in [2.75, 3.05) is 32.8 Å². The number of carbonyl (C=O) groups is 1. The van der Waals surface area contributed by atoms with Gasteiger partial charge in [0.15, 0.2) is 0 Å². The van der Waals surface area contributed by atoms with Crippen molar-refractivity contribution < 1.29 is 9.53 Å². The van der Waals surface area contributed by atoms with Crippen LogP contribution in [-0.2, 0) is 9.53 Å². The topological polar surface area (TPSA) is 53.6 Å². The van der Waals surface area contributed by atoms with Gasteiger partial charge in [-0.1, -0.05) is 0 Å². The van der Waals surface area contributed by atoms with Crippen LogP contribution < -0.4 is 10.6 Å². The van der Waals surface area contributed by atoms with Crippen LogP contribution in [0.1, 0.15) is 27.7 Å². The molecule has 1 heterocycles. The Bertz CT molecular complexity index is 252. The fraction of sp³-hybridized carbons (Fsp3) is 0.923. The summed E-state index contributed by atoms with van der Waals surface area (Å²) < 4.78 is 5.40. The zero-order chi connectivity index (χ0) is 13.5. The molecule has 0 saturated carbocycles. The molecule has 5 nitrogen and oxygen atoms in total. The van der Waals surface area contributed by atoms with Crippen molar-refractivity contribution >= 4 is 30.7 Å². The van der Waals surface area contributed by atoms with Gasteiger partial charge >= 0.3 is 0 Å². The molecule has 1 rings (SSSR count). The van der Waals surface area contributed by atoms with Crippen LogP contribution in [0, 0.1) is 0 Å². The zero-order valence-electron chi connectivity index (χ0n) is 12.8. The Balaban J connectivity index is 0. The van der Waals surface area contributed by atoms with Crippen LogP contribution in [0.4, 0.5) is 0 Å². The van der Waals surface area contributed by atoms with E-state index >= 15 is 0 Å². The van der Waals surface area contributed by atoms with E-state index in [0.29, 0.717) is 31.8 Å². The Hall–Kier alpha value is -0.0700. The molecule has 0 aromatic rings. The molecule has 0 radical (unpaired) electrons. The smallest absolute Gasteiger partial charge is 0.250 e. The highest BCUT2D eigenvalue weighted by Gasteiger charge is 2.21. The van der Waals surface area contributed by atoms with E-state index in [1.165, 1.54) is 0 Å². The van der Waals surface area contributed by atoms with Crippen LogP contribution in [0.25, 0.3) is 0 Å². The Morgan fingerprint density at radius 3 is 2.35 bits per heavy atom. The highest BCUT2D eigenvalue weighted by Crippen LogP contribution is 2.03. The first-order chi connectivity index (χ1) is 8.52. The molecule has 0 aliphatic carbocycles. The van der Waals surface area contributed by atoms with E-state index in [4.69, 9.17) is 4.74 Å². The van der Waals surface area contributed by atoms with Gasteiger partial charge in [-0.05, 0) is 27.7 Å². The predicted molar refractivity (Wildman–Crippen MR) is 87.1 cm³/mol. The second-order valence-corrected chi connectivity index (χ2v) is 5.28. The number of carbonyl (C=O) groups excluding carboxylic acids is 1. The van der Waals surface area contributed by atoms with Gasteiger partial charge in [0, 0.05) is 38.3 Å². The van der Waals surface area contributed by atoms with E-state index in [2.05, 4.69) is 43.2 Å². The predicted octanol–water partition coefficient (Wildman–Crippen LogP) is 1.05. The second kappa shape index (κ2) is 11.6. The molecule has 2 N–H and O–H groups in total. The first-order valence-corrected chi connectivity index (χ1v) is 6.88. The minimum atomic E-state index is -0.328. The molecule has 0 aromatic heterocycles. The van der Waals surface area contributed by atoms with Gasteiger partial charge in [-0.3, -0.25) is 9.69 Å². The van der Waals surface area contributed by atoms with Crippen LogP contribution in [0.3, 0.4) is 0 Å². The van der Waals surface area contributed by atoms with Gasteiger partial charge in [0.2, 0.25) is 0 Å². The van der Waals surface area contributed by atoms with Crippen LogP contribution in [0.15, 0.2) is 0 Å². The van der Waals surface area contributed by atoms with E-state index in [1.54, 1.807) is 0 Å². The fourth-order valence-electron chi connectivity index (χ4n) is 2.27. The Morgan fingerprint density at radius 2 is 1.90 bits per heavy atom. The summed E-state index contributed by atoms with van der Waals surface area (Å²) in [6.45, 7) is 12.3. The molecule has 1 saturated heterocycles. The van der Waals surface area contributed by atoms with E-state index in [1.807, 2.05) is 0 Å². The normalized spacial score (nSPS) is 18.6. The molecule has 1 amide bonds. The molecule has 20 heavy (non-hydrogen) atoms. The molecule has 0 aromatic carbocycles. The van der Waals surface area contributed by atoms with Crippen molar-refractivity contribution in [3.63, 3.8) is 0 Å². The number of hydrogen-bond acceptors (Lipinski definition) is 4. The van der Waals surface area contributed by atoms with E-state index in [0.717, 1.165) is 13.1 Å². The lowest BCUT2D eigenvalue weighted by atomic mass is 10.2. The molecule has 122 valence electrons. The number of nitrogens with zero attached hydrogens (tertiary/aromatic N) is 1. The van der Waals surface area contributed by atoms with Crippen LogP contribution >= 0.6 is 24.8 Å². The first kappa shape index (κ1) is 22.2. The van der Waals surface area contributed by atoms with Gasteiger partial charge in [-0.25, -0.2) is 0 Å². The lowest BCUT2D eigenvalue weighted by Crippen LogP contribution is -2.50. The molecule has 0 spiro atoms. The van der Waals surface area contributed by atoms with Crippen LogP contribution in [0.2, 0.25) is 0 Å². The largest absolute Gasteiger partial charge is 0.366 e. The van der Waals surface area contributed by atoms with Crippen molar-refractivity contribution in [2.24, 2.45) is 0 Å². The summed E-state index contributed by atoms with van der Waals surface area (Å²) in [4.78, 5) is 14.2. The van der Waals surface area contributed by atoms with E-state index in [-0.39, 0.29) is 36.8 Å². The number of ether oxygens (including phenoxy) is 1. The third-order valence-corrected chi connectivity index (χ3v) is 3.22. The lowest BCUT2D eigenvalue weighted by Gasteiger charge is -2.31. The molecular weight excluding hydrogens is 301 g/mol. The highest BCUT2D eigenvalue weighted by atomic mass is 35.5. The van der Waals surface area contributed by atoms with Crippen molar-refractivity contribution in [3.8, 4) is 0 Å². The molecular formula is C13H29Cl2N3O2. The summed E-state index contributed by atoms with van der Waals surface area (Å²) in [7, 11) is 0. The summed E-state index contributed by atoms with van der Waals surface area (Å²) in [5.41, 5.74) is 0. The number of hydrogen-bond donors (Lipinski definition) is 2. The number of rotatable bonds is 6. The van der Waals surface area contributed by atoms with Gasteiger partial charge < -0.3 is 15.4 Å². The monoisotopic (exact) mass is 329 g/mol. The minimum Gasteiger partial charge on any atom is -0.366 e. The van der Waals surface area contributed by atoms with Gasteiger partial charge in [0.25, 0.3) is 5.91 Å². The highest BCUT2D eigenvalue weighted by molar-refractivity contribution is 5.85. The molecule has 1 aliphatic heterocycles. The molecule has 0 bridgehead atoms. The maximum Gasteiger partial charge on any atom is 0.250 e. The van der Waals surface area contributed by atoms with Crippen molar-refractivity contribution in [1.82, 2.24) is 15.5 Å². The molecule has 1 atom stereocenters. The van der Waals surface area contributed by atoms with Crippen molar-refractivity contribution in [3.05, 3.63) is 0 Å². The van der Waals surface area contributed by atoms with Crippen LogP contribution in [-0.4, -0.2) is 61.8 Å². The zero-order valence-corrected chi connectivity index (χ0v) is 14.5. The third kappa shape index (κ3) is 7.64. The maximum atomic E-state index is 11.8. The Kier molecular flexibility index (Phi) is 12.9. The van der Waals surface area contributed by atoms with E-state index < -0.39 is 0 Å². The average molecular weight is 330 g/mol. The summed E-state index contributed by atoms with van der Waals surface area (Å²) in [5.74, 6) is -0.00494. The molecule has 1 fully saturated rings. The number of amides is 1. The molecule has 1 aliphatic rings. The van der Waals surface area contributed by atoms with Crippen LogP contribution in [0.5, 0.6) is 0 Å². The second-order valence-electron chi connectivity index (χ2n) is 5.28. The van der Waals surface area contributed by atoms with Crippen molar-refractivity contribution in [2.45, 2.75) is 45.9 Å². The number of nitrogens with one attached hydrogen (secondary N) is 2. The first-order valence-electron chi connectivity index (χ1n) is 6.88. The third-order valence-electron chi connectivity index (χ3n) is 3.22. The Morgan fingerprint density at radius 1 is 1.30 bits per heavy atom. The van der Waals surface area contributed by atoms with Gasteiger partial charge in [-0.15, -0.1) is 24.8 Å². The van der Waals surface area contributed by atoms with Gasteiger partial charge in [-0.2, -0.15) is 0 Å². The average Bonchev–Trinajstić information content (AvgIpc) is 2.34. The fourth-order valence-corrected chi connectivity index (χ4v) is 2.27. The van der Waals surface area contributed by atoms with Gasteiger partial charge in [0.1, 0.15) is 6.10 Å².